The Kier molecular flexibility index (Phi) is 4.07. The Hall–Kier alpha value is -0.570. The van der Waals surface area contributed by atoms with E-state index in [2.05, 4.69) is 12.2 Å². The molecule has 2 unspecified atom stereocenters. The van der Waals surface area contributed by atoms with Gasteiger partial charge in [0.05, 0.1) is 0 Å². The van der Waals surface area contributed by atoms with Gasteiger partial charge in [-0.15, -0.1) is 0 Å². The van der Waals surface area contributed by atoms with Crippen molar-refractivity contribution in [2.45, 2.75) is 70.8 Å². The molecule has 0 spiro atoms. The van der Waals surface area contributed by atoms with Crippen molar-refractivity contribution in [2.75, 3.05) is 6.54 Å². The van der Waals surface area contributed by atoms with Gasteiger partial charge in [0.1, 0.15) is 0 Å². The van der Waals surface area contributed by atoms with Crippen molar-refractivity contribution < 1.29 is 4.79 Å². The van der Waals surface area contributed by atoms with Crippen LogP contribution in [-0.4, -0.2) is 18.5 Å². The lowest BCUT2D eigenvalue weighted by Crippen LogP contribution is -2.50. The molecule has 0 heterocycles. The molecule has 2 bridgehead atoms. The highest BCUT2D eigenvalue weighted by molar-refractivity contribution is 5.78. The fourth-order valence-electron chi connectivity index (χ4n) is 4.75. The third-order valence-corrected chi connectivity index (χ3v) is 6.59. The molecule has 0 aromatic carbocycles. The van der Waals surface area contributed by atoms with Crippen molar-refractivity contribution in [1.29, 1.82) is 0 Å². The topological polar surface area (TPSA) is 55.1 Å². The molecule has 0 radical (unpaired) electrons. The summed E-state index contributed by atoms with van der Waals surface area (Å²) in [6, 6.07) is 0.362. The zero-order valence-electron chi connectivity index (χ0n) is 12.9. The molecule has 114 valence electrons. The standard InChI is InChI=1S/C17H30N2O/c1-2-17(7-4-8-17)11-19-16(20)14-9-12-5-3-6-13(10-14)15(12)18/h12-15H,2-11,18H2,1H3,(H,19,20). The molecule has 2 atom stereocenters. The summed E-state index contributed by atoms with van der Waals surface area (Å²) in [5.41, 5.74) is 6.74. The third kappa shape index (κ3) is 2.61. The van der Waals surface area contributed by atoms with Gasteiger partial charge in [-0.1, -0.05) is 19.8 Å². The highest BCUT2D eigenvalue weighted by Crippen LogP contribution is 2.44. The number of amides is 1. The van der Waals surface area contributed by atoms with Gasteiger partial charge >= 0.3 is 0 Å². The molecule has 0 aromatic heterocycles. The lowest BCUT2D eigenvalue weighted by molar-refractivity contribution is -0.128. The largest absolute Gasteiger partial charge is 0.355 e. The van der Waals surface area contributed by atoms with E-state index in [4.69, 9.17) is 5.73 Å². The number of fused-ring (bicyclic) bond motifs is 2. The quantitative estimate of drug-likeness (QED) is 0.831. The molecule has 3 aliphatic rings. The van der Waals surface area contributed by atoms with Crippen LogP contribution in [0.2, 0.25) is 0 Å². The summed E-state index contributed by atoms with van der Waals surface area (Å²) >= 11 is 0. The summed E-state index contributed by atoms with van der Waals surface area (Å²) < 4.78 is 0. The van der Waals surface area contributed by atoms with Crippen LogP contribution in [0.25, 0.3) is 0 Å². The fourth-order valence-corrected chi connectivity index (χ4v) is 4.75. The van der Waals surface area contributed by atoms with Crippen molar-refractivity contribution in [2.24, 2.45) is 28.9 Å². The summed E-state index contributed by atoms with van der Waals surface area (Å²) in [5, 5.41) is 3.27. The second-order valence-corrected chi connectivity index (χ2v) is 7.62. The zero-order valence-corrected chi connectivity index (χ0v) is 12.9. The number of nitrogens with two attached hydrogens (primary N) is 1. The Morgan fingerprint density at radius 1 is 1.20 bits per heavy atom. The summed E-state index contributed by atoms with van der Waals surface area (Å²) in [7, 11) is 0. The van der Waals surface area contributed by atoms with Gasteiger partial charge in [-0.05, 0) is 62.2 Å². The van der Waals surface area contributed by atoms with Crippen LogP contribution in [0.4, 0.5) is 0 Å². The Labute approximate surface area is 123 Å². The first kappa shape index (κ1) is 14.4. The number of hydrogen-bond acceptors (Lipinski definition) is 2. The van der Waals surface area contributed by atoms with Gasteiger partial charge in [0, 0.05) is 18.5 Å². The first-order valence-corrected chi connectivity index (χ1v) is 8.67. The maximum Gasteiger partial charge on any atom is 0.223 e. The predicted molar refractivity (Wildman–Crippen MR) is 81.1 cm³/mol. The fraction of sp³-hybridized carbons (Fsp3) is 0.941. The van der Waals surface area contributed by atoms with Crippen molar-refractivity contribution in [3.63, 3.8) is 0 Å². The maximum absolute atomic E-state index is 12.5. The van der Waals surface area contributed by atoms with Crippen molar-refractivity contribution in [3.05, 3.63) is 0 Å². The van der Waals surface area contributed by atoms with Gasteiger partial charge in [-0.25, -0.2) is 0 Å². The van der Waals surface area contributed by atoms with Crippen LogP contribution in [-0.2, 0) is 4.79 Å². The number of carbonyl (C=O) groups excluding carboxylic acids is 1. The van der Waals surface area contributed by atoms with Crippen molar-refractivity contribution in [1.82, 2.24) is 5.32 Å². The summed E-state index contributed by atoms with van der Waals surface area (Å²) in [6.45, 7) is 3.16. The first-order valence-electron chi connectivity index (χ1n) is 8.67. The lowest BCUT2D eigenvalue weighted by atomic mass is 9.64. The predicted octanol–water partition coefficient (Wildman–Crippen LogP) is 2.84. The van der Waals surface area contributed by atoms with E-state index in [1.807, 2.05) is 0 Å². The van der Waals surface area contributed by atoms with Crippen LogP contribution in [0.15, 0.2) is 0 Å². The second-order valence-electron chi connectivity index (χ2n) is 7.62. The molecule has 0 aliphatic heterocycles. The molecule has 0 aromatic rings. The van der Waals surface area contributed by atoms with E-state index in [0.29, 0.717) is 29.2 Å². The second kappa shape index (κ2) is 5.67. The maximum atomic E-state index is 12.5. The van der Waals surface area contributed by atoms with Crippen molar-refractivity contribution >= 4 is 5.91 Å². The highest BCUT2D eigenvalue weighted by atomic mass is 16.1. The average molecular weight is 278 g/mol. The molecule has 3 N–H and O–H groups in total. The van der Waals surface area contributed by atoms with Crippen LogP contribution in [0.3, 0.4) is 0 Å². The molecular formula is C17H30N2O. The van der Waals surface area contributed by atoms with E-state index in [-0.39, 0.29) is 5.92 Å². The van der Waals surface area contributed by atoms with Crippen LogP contribution < -0.4 is 11.1 Å². The van der Waals surface area contributed by atoms with Gasteiger partial charge in [-0.2, -0.15) is 0 Å². The van der Waals surface area contributed by atoms with Crippen LogP contribution >= 0.6 is 0 Å². The van der Waals surface area contributed by atoms with Crippen molar-refractivity contribution in [3.8, 4) is 0 Å². The molecule has 3 saturated carbocycles. The molecule has 0 saturated heterocycles. The third-order valence-electron chi connectivity index (χ3n) is 6.59. The molecule has 3 rings (SSSR count). The Balaban J connectivity index is 1.53. The van der Waals surface area contributed by atoms with Gasteiger partial charge in [0.2, 0.25) is 5.91 Å². The van der Waals surface area contributed by atoms with Crippen LogP contribution in [0.1, 0.15) is 64.7 Å². The minimum Gasteiger partial charge on any atom is -0.355 e. The Bertz CT molecular complexity index is 344. The first-order chi connectivity index (χ1) is 9.63. The monoisotopic (exact) mass is 278 g/mol. The van der Waals surface area contributed by atoms with E-state index in [1.165, 1.54) is 44.9 Å². The van der Waals surface area contributed by atoms with Gasteiger partial charge in [-0.3, -0.25) is 4.79 Å². The van der Waals surface area contributed by atoms with E-state index in [9.17, 15) is 4.79 Å². The average Bonchev–Trinajstić information content (AvgIpc) is 2.37. The van der Waals surface area contributed by atoms with E-state index < -0.39 is 0 Å². The smallest absolute Gasteiger partial charge is 0.223 e. The Morgan fingerprint density at radius 3 is 2.35 bits per heavy atom. The van der Waals surface area contributed by atoms with Crippen LogP contribution in [0.5, 0.6) is 0 Å². The lowest BCUT2D eigenvalue weighted by Gasteiger charge is -2.44. The molecule has 20 heavy (non-hydrogen) atoms. The molecule has 3 fully saturated rings. The highest BCUT2D eigenvalue weighted by Gasteiger charge is 2.41. The van der Waals surface area contributed by atoms with E-state index >= 15 is 0 Å². The summed E-state index contributed by atoms with van der Waals surface area (Å²) in [5.74, 6) is 1.75. The van der Waals surface area contributed by atoms with Gasteiger partial charge in [0.15, 0.2) is 0 Å². The molecule has 3 nitrogen and oxygen atoms in total. The van der Waals surface area contributed by atoms with Crippen LogP contribution in [0, 0.1) is 23.2 Å². The normalized spacial score (nSPS) is 38.9. The minimum absolute atomic E-state index is 0.235. The molecular weight excluding hydrogens is 248 g/mol. The summed E-state index contributed by atoms with van der Waals surface area (Å²) in [4.78, 5) is 12.5. The number of nitrogens with one attached hydrogen (secondary N) is 1. The SMILES string of the molecule is CCC1(CNC(=O)C2CC3CCCC(C2)C3N)CCC1. The number of rotatable bonds is 4. The molecule has 3 heteroatoms. The number of hydrogen-bond donors (Lipinski definition) is 2. The summed E-state index contributed by atoms with van der Waals surface area (Å²) in [6.07, 6.45) is 11.0. The van der Waals surface area contributed by atoms with E-state index in [1.54, 1.807) is 0 Å². The number of carbonyl (C=O) groups is 1. The van der Waals surface area contributed by atoms with Gasteiger partial charge < -0.3 is 11.1 Å². The Morgan fingerprint density at radius 2 is 1.85 bits per heavy atom. The minimum atomic E-state index is 0.235. The van der Waals surface area contributed by atoms with E-state index in [0.717, 1.165) is 19.4 Å². The zero-order chi connectivity index (χ0) is 14.2. The molecule has 3 aliphatic carbocycles. The molecule has 1 amide bonds. The van der Waals surface area contributed by atoms with Gasteiger partial charge in [0.25, 0.3) is 0 Å².